The van der Waals surface area contributed by atoms with Crippen molar-refractivity contribution >= 4 is 28.7 Å². The van der Waals surface area contributed by atoms with Gasteiger partial charge in [0.1, 0.15) is 9.53 Å². The second kappa shape index (κ2) is 7.92. The molecule has 0 fully saturated rings. The van der Waals surface area contributed by atoms with Crippen molar-refractivity contribution in [1.82, 2.24) is 14.5 Å². The molecule has 0 radical (unpaired) electrons. The van der Waals surface area contributed by atoms with Crippen LogP contribution in [0.1, 0.15) is 54.9 Å². The fraction of sp³-hybridized carbons (Fsp3) is 0.474. The van der Waals surface area contributed by atoms with Crippen LogP contribution in [0.4, 0.5) is 18.0 Å². The Morgan fingerprint density at radius 1 is 1.29 bits per heavy atom. The molecule has 5 nitrogen and oxygen atoms in total. The van der Waals surface area contributed by atoms with Crippen molar-refractivity contribution < 1.29 is 23.1 Å². The van der Waals surface area contributed by atoms with Gasteiger partial charge >= 0.3 is 12.3 Å². The minimum atomic E-state index is -4.36. The summed E-state index contributed by atoms with van der Waals surface area (Å²) in [6, 6.07) is 4.67. The Kier molecular flexibility index (Phi) is 5.92. The lowest BCUT2D eigenvalue weighted by atomic mass is 9.99. The standard InChI is InChI=1S/C19H21F3IN3O2/c1-11(2)17-24-16(23)15-14(25(18(27)28)9-10-26(15)17)8-5-12-3-6-13(7-4-12)19(20,21)22/h3-4,6-7,11,14H,5,8-10H2,1-2H3,(H,27,28). The summed E-state index contributed by atoms with van der Waals surface area (Å²) in [5, 5.41) is 9.63. The van der Waals surface area contributed by atoms with E-state index in [-0.39, 0.29) is 12.0 Å². The van der Waals surface area contributed by atoms with Gasteiger partial charge in [-0.1, -0.05) is 26.0 Å². The molecule has 1 atom stereocenters. The molecule has 0 bridgehead atoms. The Morgan fingerprint density at radius 3 is 2.46 bits per heavy atom. The van der Waals surface area contributed by atoms with Crippen molar-refractivity contribution in [3.63, 3.8) is 0 Å². The summed E-state index contributed by atoms with van der Waals surface area (Å²) in [4.78, 5) is 17.8. The van der Waals surface area contributed by atoms with Gasteiger partial charge in [-0.05, 0) is 53.1 Å². The summed E-state index contributed by atoms with van der Waals surface area (Å²) in [5.74, 6) is 1.15. The number of rotatable bonds is 4. The highest BCUT2D eigenvalue weighted by Crippen LogP contribution is 2.36. The maximum absolute atomic E-state index is 12.7. The van der Waals surface area contributed by atoms with Crippen molar-refractivity contribution in [3.8, 4) is 0 Å². The van der Waals surface area contributed by atoms with Crippen molar-refractivity contribution in [1.29, 1.82) is 0 Å². The Hall–Kier alpha value is -1.78. The quantitative estimate of drug-likeness (QED) is 0.572. The number of fused-ring (bicyclic) bond motifs is 1. The molecule has 1 aromatic carbocycles. The number of alkyl halides is 3. The zero-order chi connectivity index (χ0) is 20.6. The molecule has 2 heterocycles. The molecule has 3 rings (SSSR count). The van der Waals surface area contributed by atoms with Crippen LogP contribution in [0.15, 0.2) is 24.3 Å². The van der Waals surface area contributed by atoms with E-state index in [2.05, 4.69) is 32.1 Å². The van der Waals surface area contributed by atoms with E-state index in [1.54, 1.807) is 0 Å². The molecular formula is C19H21F3IN3O2. The topological polar surface area (TPSA) is 58.4 Å². The molecular weight excluding hydrogens is 486 g/mol. The monoisotopic (exact) mass is 507 g/mol. The SMILES string of the molecule is CC(C)c1nc(I)c2n1CCN(C(=O)O)C2CCc1ccc(C(F)(F)F)cc1. The first kappa shape index (κ1) is 20.9. The van der Waals surface area contributed by atoms with Crippen LogP contribution in [0.2, 0.25) is 0 Å². The van der Waals surface area contributed by atoms with Gasteiger partial charge in [0.15, 0.2) is 0 Å². The zero-order valence-electron chi connectivity index (χ0n) is 15.5. The van der Waals surface area contributed by atoms with Crippen LogP contribution in [-0.2, 0) is 19.1 Å². The zero-order valence-corrected chi connectivity index (χ0v) is 17.7. The van der Waals surface area contributed by atoms with Gasteiger partial charge in [-0.25, -0.2) is 9.78 Å². The van der Waals surface area contributed by atoms with Crippen LogP contribution < -0.4 is 0 Å². The van der Waals surface area contributed by atoms with Crippen molar-refractivity contribution in [2.24, 2.45) is 0 Å². The number of amides is 1. The summed E-state index contributed by atoms with van der Waals surface area (Å²) in [7, 11) is 0. The minimum Gasteiger partial charge on any atom is -0.465 e. The van der Waals surface area contributed by atoms with E-state index in [0.717, 1.165) is 32.9 Å². The third-order valence-electron chi connectivity index (χ3n) is 5.00. The van der Waals surface area contributed by atoms with Gasteiger partial charge in [-0.15, -0.1) is 0 Å². The van der Waals surface area contributed by atoms with Crippen LogP contribution in [-0.4, -0.2) is 32.2 Å². The fourth-order valence-corrected chi connectivity index (χ4v) is 4.54. The average Bonchev–Trinajstić information content (AvgIpc) is 2.96. The molecule has 1 aliphatic rings. The Bertz CT molecular complexity index is 863. The van der Waals surface area contributed by atoms with Gasteiger partial charge in [0, 0.05) is 19.0 Å². The first-order valence-corrected chi connectivity index (χ1v) is 10.1. The number of carboxylic acid groups (broad SMARTS) is 1. The van der Waals surface area contributed by atoms with Crippen LogP contribution in [0.25, 0.3) is 0 Å². The smallest absolute Gasteiger partial charge is 0.416 e. The molecule has 152 valence electrons. The first-order chi connectivity index (χ1) is 13.1. The number of hydrogen-bond donors (Lipinski definition) is 1. The number of imidazole rings is 1. The van der Waals surface area contributed by atoms with Crippen LogP contribution in [0.3, 0.4) is 0 Å². The van der Waals surface area contributed by atoms with E-state index < -0.39 is 17.8 Å². The summed E-state index contributed by atoms with van der Waals surface area (Å²) >= 11 is 2.14. The molecule has 1 unspecified atom stereocenters. The van der Waals surface area contributed by atoms with E-state index in [0.29, 0.717) is 25.9 Å². The van der Waals surface area contributed by atoms with E-state index in [1.807, 2.05) is 13.8 Å². The molecule has 1 aliphatic heterocycles. The number of halogens is 4. The third-order valence-corrected chi connectivity index (χ3v) is 5.79. The van der Waals surface area contributed by atoms with E-state index in [4.69, 9.17) is 0 Å². The number of aromatic nitrogens is 2. The third kappa shape index (κ3) is 4.13. The lowest BCUT2D eigenvalue weighted by molar-refractivity contribution is -0.137. The van der Waals surface area contributed by atoms with Crippen molar-refractivity contribution in [3.05, 3.63) is 50.6 Å². The van der Waals surface area contributed by atoms with E-state index in [1.165, 1.54) is 17.0 Å². The Balaban J connectivity index is 1.86. The van der Waals surface area contributed by atoms with Gasteiger partial charge in [-0.3, -0.25) is 4.90 Å². The molecule has 1 N–H and O–H groups in total. The number of nitrogens with zero attached hydrogens (tertiary/aromatic N) is 3. The Morgan fingerprint density at radius 2 is 1.93 bits per heavy atom. The molecule has 0 saturated carbocycles. The molecule has 0 saturated heterocycles. The lowest BCUT2D eigenvalue weighted by Gasteiger charge is -2.35. The predicted octanol–water partition coefficient (Wildman–Crippen LogP) is 5.30. The van der Waals surface area contributed by atoms with E-state index in [9.17, 15) is 23.1 Å². The molecule has 0 spiro atoms. The summed E-state index contributed by atoms with van der Waals surface area (Å²) in [6.45, 7) is 5.02. The summed E-state index contributed by atoms with van der Waals surface area (Å²) < 4.78 is 41.1. The minimum absolute atomic E-state index is 0.217. The molecule has 0 aliphatic carbocycles. The molecule has 1 aromatic heterocycles. The second-order valence-corrected chi connectivity index (χ2v) is 8.20. The normalized spacial score (nSPS) is 17.1. The number of carbonyl (C=O) groups is 1. The van der Waals surface area contributed by atoms with Crippen LogP contribution in [0.5, 0.6) is 0 Å². The highest BCUT2D eigenvalue weighted by atomic mass is 127. The molecule has 28 heavy (non-hydrogen) atoms. The second-order valence-electron chi connectivity index (χ2n) is 7.18. The Labute approximate surface area is 174 Å². The van der Waals surface area contributed by atoms with Gasteiger partial charge in [0.2, 0.25) is 0 Å². The van der Waals surface area contributed by atoms with Crippen LogP contribution in [0, 0.1) is 3.70 Å². The maximum Gasteiger partial charge on any atom is 0.416 e. The van der Waals surface area contributed by atoms with Gasteiger partial charge in [-0.2, -0.15) is 13.2 Å². The number of hydrogen-bond acceptors (Lipinski definition) is 2. The summed E-state index contributed by atoms with van der Waals surface area (Å²) in [6.07, 6.45) is -4.40. The van der Waals surface area contributed by atoms with Crippen molar-refractivity contribution in [2.45, 2.75) is 51.4 Å². The van der Waals surface area contributed by atoms with Crippen molar-refractivity contribution in [2.75, 3.05) is 6.54 Å². The van der Waals surface area contributed by atoms with Gasteiger partial charge < -0.3 is 9.67 Å². The lowest BCUT2D eigenvalue weighted by Crippen LogP contribution is -2.42. The molecule has 2 aromatic rings. The first-order valence-electron chi connectivity index (χ1n) is 9.01. The highest BCUT2D eigenvalue weighted by molar-refractivity contribution is 14.1. The number of aryl methyl sites for hydroxylation is 1. The van der Waals surface area contributed by atoms with Gasteiger partial charge in [0.05, 0.1) is 17.3 Å². The molecule has 9 heteroatoms. The van der Waals surface area contributed by atoms with Gasteiger partial charge in [0.25, 0.3) is 0 Å². The van der Waals surface area contributed by atoms with E-state index >= 15 is 0 Å². The maximum atomic E-state index is 12.7. The van der Waals surface area contributed by atoms with Crippen LogP contribution >= 0.6 is 22.6 Å². The summed E-state index contributed by atoms with van der Waals surface area (Å²) in [5.41, 5.74) is 0.939. The fourth-order valence-electron chi connectivity index (χ4n) is 3.64. The molecule has 1 amide bonds. The largest absolute Gasteiger partial charge is 0.465 e. The average molecular weight is 507 g/mol. The predicted molar refractivity (Wildman–Crippen MR) is 106 cm³/mol. The highest BCUT2D eigenvalue weighted by Gasteiger charge is 2.35. The number of benzene rings is 1.